The molecule has 0 amide bonds. The van der Waals surface area contributed by atoms with Gasteiger partial charge in [0.25, 0.3) is 0 Å². The van der Waals surface area contributed by atoms with E-state index in [1.807, 2.05) is 12.1 Å². The molecule has 2 heterocycles. The monoisotopic (exact) mass is 264 g/mol. The molecule has 0 atom stereocenters. The van der Waals surface area contributed by atoms with E-state index in [9.17, 15) is 4.79 Å². The third-order valence-corrected chi connectivity index (χ3v) is 3.34. The van der Waals surface area contributed by atoms with E-state index in [1.54, 1.807) is 6.07 Å². The lowest BCUT2D eigenvalue weighted by molar-refractivity contribution is 0.551. The first-order valence-electron chi connectivity index (χ1n) is 5.93. The molecular weight excluding hydrogens is 252 g/mol. The Labute approximate surface area is 109 Å². The molecule has 1 aromatic carbocycles. The largest absolute Gasteiger partial charge is 0.420 e. The molecule has 0 spiro atoms. The second-order valence-electron chi connectivity index (χ2n) is 4.33. The van der Waals surface area contributed by atoms with Crippen LogP contribution in [-0.2, 0) is 0 Å². The number of rotatable bonds is 1. The van der Waals surface area contributed by atoms with Gasteiger partial charge in [-0.1, -0.05) is 11.6 Å². The van der Waals surface area contributed by atoms with Gasteiger partial charge in [-0.15, -0.1) is 0 Å². The highest BCUT2D eigenvalue weighted by Crippen LogP contribution is 2.30. The molecule has 0 bridgehead atoms. The molecule has 1 fully saturated rings. The fourth-order valence-corrected chi connectivity index (χ4v) is 2.49. The van der Waals surface area contributed by atoms with Crippen molar-refractivity contribution in [3.8, 4) is 0 Å². The van der Waals surface area contributed by atoms with Crippen LogP contribution in [0.5, 0.6) is 0 Å². The van der Waals surface area contributed by atoms with Gasteiger partial charge in [-0.2, -0.15) is 0 Å². The molecule has 1 aliphatic heterocycles. The van der Waals surface area contributed by atoms with E-state index < -0.39 is 0 Å². The van der Waals surface area contributed by atoms with Crippen LogP contribution in [0.2, 0.25) is 5.02 Å². The highest BCUT2D eigenvalue weighted by atomic mass is 35.5. The average molecular weight is 265 g/mol. The average Bonchev–Trinajstić information content (AvgIpc) is 2.39. The first kappa shape index (κ1) is 11.6. The van der Waals surface area contributed by atoms with Crippen molar-refractivity contribution in [2.24, 2.45) is 0 Å². The van der Waals surface area contributed by atoms with E-state index in [1.165, 1.54) is 6.07 Å². The minimum atomic E-state index is -0.332. The summed E-state index contributed by atoms with van der Waals surface area (Å²) in [6.07, 6.45) is 0. The molecule has 0 saturated carbocycles. The molecule has 4 nitrogen and oxygen atoms in total. The molecule has 5 heteroatoms. The Hall–Kier alpha value is -1.52. The Kier molecular flexibility index (Phi) is 2.97. The molecular formula is C13H13ClN2O2. The summed E-state index contributed by atoms with van der Waals surface area (Å²) in [6, 6.07) is 6.84. The van der Waals surface area contributed by atoms with E-state index in [4.69, 9.17) is 16.0 Å². The van der Waals surface area contributed by atoms with E-state index in [2.05, 4.69) is 10.2 Å². The van der Waals surface area contributed by atoms with Crippen LogP contribution in [0, 0.1) is 0 Å². The van der Waals surface area contributed by atoms with E-state index >= 15 is 0 Å². The maximum atomic E-state index is 11.4. The van der Waals surface area contributed by atoms with E-state index in [-0.39, 0.29) is 5.63 Å². The number of benzene rings is 1. The SMILES string of the molecule is O=c1ccc2cc(Cl)cc(N3CCNCC3)c2o1. The second kappa shape index (κ2) is 4.63. The summed E-state index contributed by atoms with van der Waals surface area (Å²) >= 11 is 6.12. The Bertz CT molecular complexity index is 632. The number of anilines is 1. The summed E-state index contributed by atoms with van der Waals surface area (Å²) in [6.45, 7) is 3.61. The standard InChI is InChI=1S/C13H13ClN2O2/c14-10-7-9-1-2-12(17)18-13(9)11(8-10)16-5-3-15-4-6-16/h1-2,7-8,15H,3-6H2. The predicted octanol–water partition coefficient (Wildman–Crippen LogP) is 1.86. The fraction of sp³-hybridized carbons (Fsp3) is 0.308. The molecule has 3 rings (SSSR count). The third-order valence-electron chi connectivity index (χ3n) is 3.12. The topological polar surface area (TPSA) is 45.5 Å². The van der Waals surface area contributed by atoms with Crippen molar-refractivity contribution in [1.82, 2.24) is 5.32 Å². The number of fused-ring (bicyclic) bond motifs is 1. The van der Waals surface area contributed by atoms with Crippen LogP contribution in [-0.4, -0.2) is 26.2 Å². The zero-order chi connectivity index (χ0) is 12.5. The molecule has 1 N–H and O–H groups in total. The van der Waals surface area contributed by atoms with Crippen LogP contribution >= 0.6 is 11.6 Å². The smallest absolute Gasteiger partial charge is 0.336 e. The summed E-state index contributed by atoms with van der Waals surface area (Å²) in [5.41, 5.74) is 1.19. The van der Waals surface area contributed by atoms with Crippen molar-refractivity contribution in [2.75, 3.05) is 31.1 Å². The molecule has 0 aliphatic carbocycles. The van der Waals surface area contributed by atoms with Gasteiger partial charge in [0.2, 0.25) is 0 Å². The van der Waals surface area contributed by atoms with Gasteiger partial charge >= 0.3 is 5.63 Å². The number of nitrogens with one attached hydrogen (secondary N) is 1. The highest BCUT2D eigenvalue weighted by molar-refractivity contribution is 6.31. The van der Waals surface area contributed by atoms with Gasteiger partial charge in [-0.25, -0.2) is 4.79 Å². The van der Waals surface area contributed by atoms with Crippen molar-refractivity contribution in [1.29, 1.82) is 0 Å². The predicted molar refractivity (Wildman–Crippen MR) is 72.6 cm³/mol. The lowest BCUT2D eigenvalue weighted by Crippen LogP contribution is -2.43. The van der Waals surface area contributed by atoms with Crippen molar-refractivity contribution >= 4 is 28.3 Å². The van der Waals surface area contributed by atoms with Gasteiger partial charge in [0, 0.05) is 42.7 Å². The van der Waals surface area contributed by atoms with Gasteiger partial charge in [-0.05, 0) is 18.2 Å². The zero-order valence-corrected chi connectivity index (χ0v) is 10.5. The summed E-state index contributed by atoms with van der Waals surface area (Å²) in [5.74, 6) is 0. The first-order chi connectivity index (χ1) is 8.74. The summed E-state index contributed by atoms with van der Waals surface area (Å²) in [7, 11) is 0. The van der Waals surface area contributed by atoms with Crippen molar-refractivity contribution in [3.05, 3.63) is 39.7 Å². The maximum Gasteiger partial charge on any atom is 0.336 e. The highest BCUT2D eigenvalue weighted by Gasteiger charge is 2.15. The Balaban J connectivity index is 2.19. The molecule has 1 saturated heterocycles. The van der Waals surface area contributed by atoms with Crippen LogP contribution in [0.4, 0.5) is 5.69 Å². The number of hydrogen-bond acceptors (Lipinski definition) is 4. The molecule has 1 aromatic heterocycles. The molecule has 94 valence electrons. The van der Waals surface area contributed by atoms with Crippen LogP contribution < -0.4 is 15.8 Å². The van der Waals surface area contributed by atoms with Gasteiger partial charge in [0.05, 0.1) is 5.69 Å². The minimum Gasteiger partial charge on any atom is -0.420 e. The zero-order valence-electron chi connectivity index (χ0n) is 9.78. The summed E-state index contributed by atoms with van der Waals surface area (Å²) in [5, 5.41) is 4.81. The third kappa shape index (κ3) is 2.09. The summed E-state index contributed by atoms with van der Waals surface area (Å²) in [4.78, 5) is 13.6. The number of piperazine rings is 1. The Morgan fingerprint density at radius 2 is 2.00 bits per heavy atom. The molecule has 2 aromatic rings. The molecule has 0 unspecified atom stereocenters. The van der Waals surface area contributed by atoms with E-state index in [0.717, 1.165) is 37.3 Å². The normalized spacial score (nSPS) is 16.2. The molecule has 1 aliphatic rings. The molecule has 18 heavy (non-hydrogen) atoms. The lowest BCUT2D eigenvalue weighted by atomic mass is 10.2. The quantitative estimate of drug-likeness (QED) is 0.799. The van der Waals surface area contributed by atoms with Crippen LogP contribution in [0.1, 0.15) is 0 Å². The Morgan fingerprint density at radius 3 is 2.78 bits per heavy atom. The number of halogens is 1. The van der Waals surface area contributed by atoms with Crippen LogP contribution in [0.15, 0.2) is 33.5 Å². The van der Waals surface area contributed by atoms with E-state index in [0.29, 0.717) is 10.6 Å². The maximum absolute atomic E-state index is 11.4. The second-order valence-corrected chi connectivity index (χ2v) is 4.77. The van der Waals surface area contributed by atoms with Gasteiger partial charge < -0.3 is 14.6 Å². The van der Waals surface area contributed by atoms with Crippen molar-refractivity contribution in [2.45, 2.75) is 0 Å². The van der Waals surface area contributed by atoms with Gasteiger partial charge in [0.1, 0.15) is 0 Å². The van der Waals surface area contributed by atoms with Gasteiger partial charge in [0.15, 0.2) is 5.58 Å². The van der Waals surface area contributed by atoms with Crippen LogP contribution in [0.3, 0.4) is 0 Å². The number of hydrogen-bond donors (Lipinski definition) is 1. The van der Waals surface area contributed by atoms with Gasteiger partial charge in [-0.3, -0.25) is 0 Å². The van der Waals surface area contributed by atoms with Crippen molar-refractivity contribution in [3.63, 3.8) is 0 Å². The summed E-state index contributed by atoms with van der Waals surface area (Å²) < 4.78 is 5.32. The minimum absolute atomic E-state index is 0.332. The first-order valence-corrected chi connectivity index (χ1v) is 6.31. The molecule has 0 radical (unpaired) electrons. The van der Waals surface area contributed by atoms with Crippen LogP contribution in [0.25, 0.3) is 11.0 Å². The fourth-order valence-electron chi connectivity index (χ4n) is 2.27. The lowest BCUT2D eigenvalue weighted by Gasteiger charge is -2.29. The van der Waals surface area contributed by atoms with Crippen molar-refractivity contribution < 1.29 is 4.42 Å². The Morgan fingerprint density at radius 1 is 1.22 bits per heavy atom. The number of nitrogens with zero attached hydrogens (tertiary/aromatic N) is 1.